The molecule has 1 heterocycles. The maximum absolute atomic E-state index is 12.6. The monoisotopic (exact) mass is 519 g/mol. The number of alkyl halides is 4. The molecule has 0 saturated heterocycles. The van der Waals surface area contributed by atoms with Crippen molar-refractivity contribution in [3.05, 3.63) is 57.9 Å². The van der Waals surface area contributed by atoms with Crippen LogP contribution in [0.25, 0.3) is 10.1 Å². The van der Waals surface area contributed by atoms with E-state index in [4.69, 9.17) is 16.3 Å². The van der Waals surface area contributed by atoms with Gasteiger partial charge in [0.15, 0.2) is 6.61 Å². The summed E-state index contributed by atoms with van der Waals surface area (Å²) < 4.78 is 63.7. The van der Waals surface area contributed by atoms with E-state index in [9.17, 15) is 31.9 Å². The molecule has 0 aliphatic carbocycles. The van der Waals surface area contributed by atoms with Gasteiger partial charge in [-0.25, -0.2) is 0 Å². The van der Waals surface area contributed by atoms with Crippen LogP contribution in [0.2, 0.25) is 5.02 Å². The molecule has 3 aromatic rings. The van der Waals surface area contributed by atoms with Crippen LogP contribution in [0.5, 0.6) is 11.5 Å². The molecule has 0 fully saturated rings. The lowest BCUT2D eigenvalue weighted by Crippen LogP contribution is -2.31. The van der Waals surface area contributed by atoms with Crippen molar-refractivity contribution in [1.82, 2.24) is 5.32 Å². The number of ether oxygens (including phenoxy) is 3. The molecule has 0 spiro atoms. The van der Waals surface area contributed by atoms with Crippen LogP contribution >= 0.6 is 22.9 Å². The average Bonchev–Trinajstić information content (AvgIpc) is 3.12. The molecule has 34 heavy (non-hydrogen) atoms. The first-order chi connectivity index (χ1) is 16.2. The SMILES string of the molecule is O=C(CNC(=O)c1sc2ccccc2c1Cl)OCC(=O)c1ccc(OC(F)F)cc1OC(F)F. The third-order valence-corrected chi connectivity index (χ3v) is 5.87. The van der Waals surface area contributed by atoms with Crippen molar-refractivity contribution >= 4 is 50.7 Å². The second-order valence-electron chi connectivity index (χ2n) is 6.42. The highest BCUT2D eigenvalue weighted by molar-refractivity contribution is 7.21. The first-order valence-corrected chi connectivity index (χ1v) is 10.5. The van der Waals surface area contributed by atoms with Crippen molar-refractivity contribution in [3.63, 3.8) is 0 Å². The van der Waals surface area contributed by atoms with E-state index in [1.54, 1.807) is 24.3 Å². The number of ketones is 1. The smallest absolute Gasteiger partial charge is 0.387 e. The number of nitrogens with one attached hydrogen (secondary N) is 1. The van der Waals surface area contributed by atoms with Gasteiger partial charge in [-0.15, -0.1) is 11.3 Å². The van der Waals surface area contributed by atoms with E-state index in [1.807, 2.05) is 0 Å². The molecule has 1 aromatic heterocycles. The van der Waals surface area contributed by atoms with Crippen molar-refractivity contribution in [2.75, 3.05) is 13.2 Å². The van der Waals surface area contributed by atoms with E-state index in [0.29, 0.717) is 11.5 Å². The van der Waals surface area contributed by atoms with E-state index >= 15 is 0 Å². The summed E-state index contributed by atoms with van der Waals surface area (Å²) >= 11 is 7.33. The number of carbonyl (C=O) groups excluding carboxylic acids is 3. The molecule has 180 valence electrons. The Kier molecular flexibility index (Phi) is 8.29. The lowest BCUT2D eigenvalue weighted by Gasteiger charge is -2.12. The van der Waals surface area contributed by atoms with Crippen LogP contribution in [0.15, 0.2) is 42.5 Å². The van der Waals surface area contributed by atoms with Crippen molar-refractivity contribution in [2.45, 2.75) is 13.2 Å². The first-order valence-electron chi connectivity index (χ1n) is 9.33. The molecule has 0 bridgehead atoms. The van der Waals surface area contributed by atoms with E-state index in [-0.39, 0.29) is 9.90 Å². The number of hydrogen-bond donors (Lipinski definition) is 1. The number of benzene rings is 2. The van der Waals surface area contributed by atoms with Crippen molar-refractivity contribution in [3.8, 4) is 11.5 Å². The van der Waals surface area contributed by atoms with Gasteiger partial charge in [-0.05, 0) is 18.2 Å². The van der Waals surface area contributed by atoms with Gasteiger partial charge >= 0.3 is 19.2 Å². The van der Waals surface area contributed by atoms with E-state index in [2.05, 4.69) is 14.8 Å². The third kappa shape index (κ3) is 6.35. The molecular formula is C21H14ClF4NO6S. The van der Waals surface area contributed by atoms with Crippen LogP contribution in [0.1, 0.15) is 20.0 Å². The molecule has 0 aliphatic rings. The molecule has 13 heteroatoms. The summed E-state index contributed by atoms with van der Waals surface area (Å²) in [7, 11) is 0. The molecule has 0 radical (unpaired) electrons. The number of halogens is 5. The highest BCUT2D eigenvalue weighted by atomic mass is 35.5. The van der Waals surface area contributed by atoms with E-state index in [0.717, 1.165) is 28.2 Å². The molecular weight excluding hydrogens is 506 g/mol. The van der Waals surface area contributed by atoms with Crippen molar-refractivity contribution < 1.29 is 46.2 Å². The zero-order valence-corrected chi connectivity index (χ0v) is 18.4. The van der Waals surface area contributed by atoms with Gasteiger partial charge < -0.3 is 19.5 Å². The third-order valence-electron chi connectivity index (χ3n) is 4.19. The maximum Gasteiger partial charge on any atom is 0.387 e. The number of esters is 1. The molecule has 0 aliphatic heterocycles. The Morgan fingerprint density at radius 1 is 1.00 bits per heavy atom. The second-order valence-corrected chi connectivity index (χ2v) is 7.85. The quantitative estimate of drug-likeness (QED) is 0.232. The van der Waals surface area contributed by atoms with Crippen LogP contribution < -0.4 is 14.8 Å². The van der Waals surface area contributed by atoms with Crippen LogP contribution in [-0.2, 0) is 9.53 Å². The zero-order chi connectivity index (χ0) is 24.8. The van der Waals surface area contributed by atoms with Gasteiger partial charge in [0, 0.05) is 16.2 Å². The van der Waals surface area contributed by atoms with E-state index < -0.39 is 61.1 Å². The summed E-state index contributed by atoms with van der Waals surface area (Å²) in [6.45, 7) is -8.06. The number of Topliss-reactive ketones (excluding diaryl/α,β-unsaturated/α-hetero) is 1. The normalized spacial score (nSPS) is 11.0. The Labute approximate surface area is 198 Å². The number of hydrogen-bond acceptors (Lipinski definition) is 7. The number of thiophene rings is 1. The van der Waals surface area contributed by atoms with Crippen LogP contribution in [0.3, 0.4) is 0 Å². The predicted molar refractivity (Wildman–Crippen MR) is 114 cm³/mol. The molecule has 3 rings (SSSR count). The second kappa shape index (κ2) is 11.2. The first kappa shape index (κ1) is 25.2. The summed E-state index contributed by atoms with van der Waals surface area (Å²) in [5.41, 5.74) is -0.448. The van der Waals surface area contributed by atoms with Gasteiger partial charge in [-0.3, -0.25) is 14.4 Å². The Morgan fingerprint density at radius 2 is 1.71 bits per heavy atom. The molecule has 0 saturated carbocycles. The summed E-state index contributed by atoms with van der Waals surface area (Å²) in [4.78, 5) is 36.8. The lowest BCUT2D eigenvalue weighted by atomic mass is 10.1. The molecule has 1 amide bonds. The number of amides is 1. The minimum atomic E-state index is -3.35. The number of fused-ring (bicyclic) bond motifs is 1. The highest BCUT2D eigenvalue weighted by Crippen LogP contribution is 2.35. The fourth-order valence-electron chi connectivity index (χ4n) is 2.77. The number of rotatable bonds is 10. The Bertz CT molecular complexity index is 1220. The molecule has 0 atom stereocenters. The van der Waals surface area contributed by atoms with Gasteiger partial charge in [0.05, 0.1) is 10.6 Å². The van der Waals surface area contributed by atoms with Gasteiger partial charge in [-0.2, -0.15) is 17.6 Å². The topological polar surface area (TPSA) is 90.9 Å². The standard InChI is InChI=1S/C21H14ClF4NO6S/c22-17-12-3-1-2-4-15(12)34-18(17)19(30)27-8-16(29)31-9-13(28)11-6-5-10(32-20(23)24)7-14(11)33-21(25)26/h1-7,20-21H,8-9H2,(H,27,30). The van der Waals surface area contributed by atoms with E-state index in [1.165, 1.54) is 0 Å². The summed E-state index contributed by atoms with van der Waals surface area (Å²) in [6.07, 6.45) is 0. The van der Waals surface area contributed by atoms with Crippen LogP contribution in [-0.4, -0.2) is 44.0 Å². The van der Waals surface area contributed by atoms with Crippen molar-refractivity contribution in [2.24, 2.45) is 0 Å². The summed E-state index contributed by atoms with van der Waals surface area (Å²) in [6, 6.07) is 9.59. The van der Waals surface area contributed by atoms with Crippen LogP contribution in [0, 0.1) is 0 Å². The fraction of sp³-hybridized carbons (Fsp3) is 0.190. The summed E-state index contributed by atoms with van der Waals surface area (Å²) in [5.74, 6) is -3.82. The maximum atomic E-state index is 12.6. The minimum absolute atomic E-state index is 0.187. The predicted octanol–water partition coefficient (Wildman–Crippen LogP) is 4.91. The fourth-order valence-corrected chi connectivity index (χ4v) is 4.20. The molecule has 2 aromatic carbocycles. The number of carbonyl (C=O) groups is 3. The lowest BCUT2D eigenvalue weighted by molar-refractivity contribution is -0.141. The van der Waals surface area contributed by atoms with Crippen LogP contribution in [0.4, 0.5) is 17.6 Å². The Balaban J connectivity index is 1.58. The summed E-state index contributed by atoms with van der Waals surface area (Å²) in [5, 5.41) is 3.23. The van der Waals surface area contributed by atoms with Gasteiger partial charge in [0.2, 0.25) is 5.78 Å². The zero-order valence-electron chi connectivity index (χ0n) is 16.9. The Morgan fingerprint density at radius 3 is 2.38 bits per heavy atom. The van der Waals surface area contributed by atoms with Gasteiger partial charge in [0.25, 0.3) is 5.91 Å². The minimum Gasteiger partial charge on any atom is -0.456 e. The molecule has 1 N–H and O–H groups in total. The average molecular weight is 520 g/mol. The molecule has 7 nitrogen and oxygen atoms in total. The van der Waals surface area contributed by atoms with Crippen molar-refractivity contribution in [1.29, 1.82) is 0 Å². The Hall–Kier alpha value is -3.38. The highest BCUT2D eigenvalue weighted by Gasteiger charge is 2.21. The largest absolute Gasteiger partial charge is 0.456 e. The van der Waals surface area contributed by atoms with Gasteiger partial charge in [0.1, 0.15) is 22.9 Å². The van der Waals surface area contributed by atoms with Gasteiger partial charge in [-0.1, -0.05) is 29.8 Å². The molecule has 0 unspecified atom stereocenters.